The van der Waals surface area contributed by atoms with Crippen molar-refractivity contribution in [3.05, 3.63) is 88.6 Å². The lowest BCUT2D eigenvalue weighted by Gasteiger charge is -2.39. The fraction of sp³-hybridized carbons (Fsp3) is 0.296. The van der Waals surface area contributed by atoms with E-state index < -0.39 is 48.9 Å². The van der Waals surface area contributed by atoms with E-state index in [2.05, 4.69) is 15.0 Å². The largest absolute Gasteiger partial charge is 0.573 e. The number of alkyl halides is 5. The number of likely N-dealkylation sites (tertiary alicyclic amines) is 1. The number of pyridine rings is 1. The molecule has 40 heavy (non-hydrogen) atoms. The van der Waals surface area contributed by atoms with Gasteiger partial charge >= 0.3 is 6.36 Å². The molecule has 0 saturated carbocycles. The van der Waals surface area contributed by atoms with Gasteiger partial charge in [-0.3, -0.25) is 9.59 Å². The van der Waals surface area contributed by atoms with Crippen LogP contribution < -0.4 is 14.8 Å². The average Bonchev–Trinajstić information content (AvgIpc) is 2.92. The molecule has 3 aromatic rings. The second-order valence-electron chi connectivity index (χ2n) is 8.89. The first-order chi connectivity index (χ1) is 19.0. The Balaban J connectivity index is 1.53. The highest BCUT2D eigenvalue weighted by Gasteiger charge is 2.36. The number of nitrogens with zero attached hydrogens (tertiary/aromatic N) is 2. The zero-order valence-corrected chi connectivity index (χ0v) is 21.5. The van der Waals surface area contributed by atoms with Crippen molar-refractivity contribution in [1.82, 2.24) is 15.2 Å². The van der Waals surface area contributed by atoms with Gasteiger partial charge in [0.15, 0.2) is 6.61 Å². The van der Waals surface area contributed by atoms with E-state index in [-0.39, 0.29) is 41.5 Å². The number of benzene rings is 2. The van der Waals surface area contributed by atoms with Crippen LogP contribution in [0, 0.1) is 0 Å². The van der Waals surface area contributed by atoms with Gasteiger partial charge in [0.05, 0.1) is 11.1 Å². The molecule has 13 heteroatoms. The molecule has 2 atom stereocenters. The zero-order valence-electron chi connectivity index (χ0n) is 20.7. The van der Waals surface area contributed by atoms with Crippen molar-refractivity contribution in [3.63, 3.8) is 0 Å². The van der Waals surface area contributed by atoms with Crippen molar-refractivity contribution in [2.24, 2.45) is 0 Å². The summed E-state index contributed by atoms with van der Waals surface area (Å²) in [5.41, 5.74) is 0.638. The summed E-state index contributed by atoms with van der Waals surface area (Å²) in [5, 5.41) is 2.71. The third-order valence-corrected chi connectivity index (χ3v) is 6.47. The maximum atomic E-state index is 13.3. The summed E-state index contributed by atoms with van der Waals surface area (Å²) >= 11 is 6.08. The van der Waals surface area contributed by atoms with E-state index in [9.17, 15) is 31.5 Å². The van der Waals surface area contributed by atoms with E-state index in [1.807, 2.05) is 12.1 Å². The summed E-state index contributed by atoms with van der Waals surface area (Å²) in [5.74, 6) is -2.43. The van der Waals surface area contributed by atoms with E-state index in [4.69, 9.17) is 16.3 Å². The smallest absolute Gasteiger partial charge is 0.471 e. The number of piperidine rings is 1. The molecule has 0 spiro atoms. The van der Waals surface area contributed by atoms with Crippen molar-refractivity contribution in [2.45, 2.75) is 31.2 Å². The van der Waals surface area contributed by atoms with Crippen LogP contribution in [0.1, 0.15) is 38.6 Å². The van der Waals surface area contributed by atoms with Crippen LogP contribution in [-0.4, -0.2) is 60.2 Å². The lowest BCUT2D eigenvalue weighted by Crippen LogP contribution is -2.51. The fourth-order valence-corrected chi connectivity index (χ4v) is 4.66. The molecule has 2 heterocycles. The Morgan fingerprint density at radius 2 is 1.80 bits per heavy atom. The second-order valence-corrected chi connectivity index (χ2v) is 9.30. The highest BCUT2D eigenvalue weighted by atomic mass is 35.5. The van der Waals surface area contributed by atoms with Crippen LogP contribution in [0.2, 0.25) is 5.02 Å². The Morgan fingerprint density at radius 3 is 2.48 bits per heavy atom. The van der Waals surface area contributed by atoms with Gasteiger partial charge in [-0.25, -0.2) is 13.8 Å². The molecular weight excluding hydrogens is 561 g/mol. The van der Waals surface area contributed by atoms with Gasteiger partial charge in [-0.1, -0.05) is 54.1 Å². The summed E-state index contributed by atoms with van der Waals surface area (Å²) in [6.45, 7) is -0.532. The Kier molecular flexibility index (Phi) is 9.08. The molecule has 1 aliphatic rings. The van der Waals surface area contributed by atoms with E-state index >= 15 is 0 Å². The maximum Gasteiger partial charge on any atom is 0.573 e. The predicted octanol–water partition coefficient (Wildman–Crippen LogP) is 5.71. The highest BCUT2D eigenvalue weighted by molar-refractivity contribution is 6.32. The van der Waals surface area contributed by atoms with E-state index in [0.29, 0.717) is 0 Å². The van der Waals surface area contributed by atoms with Crippen LogP contribution in [0.4, 0.5) is 22.0 Å². The minimum Gasteiger partial charge on any atom is -0.471 e. The Morgan fingerprint density at radius 1 is 1.10 bits per heavy atom. The van der Waals surface area contributed by atoms with Gasteiger partial charge in [0.1, 0.15) is 10.8 Å². The number of halogens is 6. The number of para-hydroxylation sites is 1. The minimum atomic E-state index is -4.97. The van der Waals surface area contributed by atoms with Gasteiger partial charge in [-0.15, -0.1) is 13.2 Å². The molecule has 0 unspecified atom stereocenters. The van der Waals surface area contributed by atoms with Crippen LogP contribution in [-0.2, 0) is 0 Å². The lowest BCUT2D eigenvalue weighted by molar-refractivity contribution is -0.274. The number of amides is 2. The average molecular weight is 584 g/mol. The predicted molar refractivity (Wildman–Crippen MR) is 135 cm³/mol. The molecule has 0 radical (unpaired) electrons. The third kappa shape index (κ3) is 7.38. The van der Waals surface area contributed by atoms with Crippen LogP contribution in [0.25, 0.3) is 0 Å². The number of ether oxygens (including phenoxy) is 2. The SMILES string of the molecule is O=C(N[C@@H]1CCN(C(=O)c2cnc(OCC(F)F)c(Cl)c2)C[C@@H]1c1ccccc1)c1ccccc1OC(F)(F)F. The first-order valence-electron chi connectivity index (χ1n) is 12.1. The standard InChI is InChI=1S/C27H23ClF5N3O4/c28-20-12-17(13-34-25(20)39-15-23(29)30)26(38)36-11-10-21(19(14-36)16-6-2-1-3-7-16)35-24(37)18-8-4-5-9-22(18)40-27(31,32)33/h1-9,12-13,19,21,23H,10-11,14-15H2,(H,35,37)/t19-,21-/m1/s1. The van der Waals surface area contributed by atoms with Crippen molar-refractivity contribution < 1.29 is 41.0 Å². The number of nitrogens with one attached hydrogen (secondary N) is 1. The number of rotatable bonds is 8. The monoisotopic (exact) mass is 583 g/mol. The van der Waals surface area contributed by atoms with Gasteiger partial charge in [0.25, 0.3) is 18.2 Å². The van der Waals surface area contributed by atoms with Crippen LogP contribution in [0.15, 0.2) is 66.9 Å². The maximum absolute atomic E-state index is 13.3. The van der Waals surface area contributed by atoms with Gasteiger partial charge in [0.2, 0.25) is 5.88 Å². The molecule has 1 fully saturated rings. The lowest BCUT2D eigenvalue weighted by atomic mass is 9.85. The molecule has 1 N–H and O–H groups in total. The first kappa shape index (κ1) is 29.1. The van der Waals surface area contributed by atoms with Gasteiger partial charge in [-0.2, -0.15) is 0 Å². The number of carbonyl (C=O) groups is 2. The molecule has 1 saturated heterocycles. The van der Waals surface area contributed by atoms with Gasteiger partial charge < -0.3 is 19.7 Å². The molecule has 0 aliphatic carbocycles. The van der Waals surface area contributed by atoms with Crippen molar-refractivity contribution in [2.75, 3.05) is 19.7 Å². The molecule has 7 nitrogen and oxygen atoms in total. The summed E-state index contributed by atoms with van der Waals surface area (Å²) < 4.78 is 72.3. The number of aromatic nitrogens is 1. The van der Waals surface area contributed by atoms with Crippen LogP contribution in [0.3, 0.4) is 0 Å². The van der Waals surface area contributed by atoms with E-state index in [0.717, 1.165) is 11.6 Å². The topological polar surface area (TPSA) is 80.8 Å². The highest BCUT2D eigenvalue weighted by Crippen LogP contribution is 2.31. The molecule has 4 rings (SSSR count). The molecule has 2 amide bonds. The Hall–Kier alpha value is -3.93. The summed E-state index contributed by atoms with van der Waals surface area (Å²) in [7, 11) is 0. The second kappa shape index (κ2) is 12.5. The molecule has 2 aromatic carbocycles. The zero-order chi connectivity index (χ0) is 28.9. The molecule has 0 bridgehead atoms. The Bertz CT molecular complexity index is 1340. The first-order valence-corrected chi connectivity index (χ1v) is 12.5. The van der Waals surface area contributed by atoms with Gasteiger partial charge in [-0.05, 0) is 30.2 Å². The fourth-order valence-electron chi connectivity index (χ4n) is 4.43. The minimum absolute atomic E-state index is 0.104. The molecule has 1 aliphatic heterocycles. The van der Waals surface area contributed by atoms with Crippen molar-refractivity contribution >= 4 is 23.4 Å². The number of hydrogen-bond donors (Lipinski definition) is 1. The Labute approximate surface area is 230 Å². The van der Waals surface area contributed by atoms with Gasteiger partial charge in [0, 0.05) is 31.2 Å². The number of hydrogen-bond acceptors (Lipinski definition) is 5. The van der Waals surface area contributed by atoms with Crippen molar-refractivity contribution in [3.8, 4) is 11.6 Å². The molecule has 1 aromatic heterocycles. The summed E-state index contributed by atoms with van der Waals surface area (Å²) in [6.07, 6.45) is -6.23. The quantitative estimate of drug-likeness (QED) is 0.344. The molecule has 212 valence electrons. The summed E-state index contributed by atoms with van der Waals surface area (Å²) in [6, 6.07) is 14.8. The van der Waals surface area contributed by atoms with E-state index in [1.165, 1.54) is 35.4 Å². The molecular formula is C27H23ClF5N3O4. The normalized spacial score (nSPS) is 17.4. The van der Waals surface area contributed by atoms with Crippen LogP contribution >= 0.6 is 11.6 Å². The van der Waals surface area contributed by atoms with Crippen LogP contribution in [0.5, 0.6) is 11.6 Å². The number of carbonyl (C=O) groups excluding carboxylic acids is 2. The van der Waals surface area contributed by atoms with E-state index in [1.54, 1.807) is 18.2 Å². The third-order valence-electron chi connectivity index (χ3n) is 6.20. The van der Waals surface area contributed by atoms with Crippen molar-refractivity contribution in [1.29, 1.82) is 0 Å². The summed E-state index contributed by atoms with van der Waals surface area (Å²) in [4.78, 5) is 31.8.